The number of carbonyl (C=O) groups is 1. The molecule has 130 valence electrons. The van der Waals surface area contributed by atoms with Crippen LogP contribution in [-0.2, 0) is 16.1 Å². The van der Waals surface area contributed by atoms with Crippen LogP contribution in [0.1, 0.15) is 18.4 Å². The van der Waals surface area contributed by atoms with Gasteiger partial charge < -0.3 is 15.0 Å². The second kappa shape index (κ2) is 9.02. The lowest BCUT2D eigenvalue weighted by Crippen LogP contribution is -2.40. The van der Waals surface area contributed by atoms with Crippen LogP contribution in [0.25, 0.3) is 10.8 Å². The molecule has 1 amide bonds. The van der Waals surface area contributed by atoms with E-state index in [0.717, 1.165) is 12.8 Å². The van der Waals surface area contributed by atoms with Crippen LogP contribution in [0, 0.1) is 0 Å². The highest BCUT2D eigenvalue weighted by Gasteiger charge is 2.32. The second-order valence-electron chi connectivity index (χ2n) is 6.10. The SMILES string of the molecule is COCCNCC(=O)N(Cc1ccc2ccccc2c1)C1CC1.Cl. The third-order valence-corrected chi connectivity index (χ3v) is 4.23. The maximum Gasteiger partial charge on any atom is 0.237 e. The van der Waals surface area contributed by atoms with Crippen molar-refractivity contribution in [2.24, 2.45) is 0 Å². The van der Waals surface area contributed by atoms with Gasteiger partial charge in [-0.15, -0.1) is 12.4 Å². The number of hydrogen-bond donors (Lipinski definition) is 1. The van der Waals surface area contributed by atoms with Crippen molar-refractivity contribution >= 4 is 29.1 Å². The van der Waals surface area contributed by atoms with Crippen molar-refractivity contribution in [3.8, 4) is 0 Å². The summed E-state index contributed by atoms with van der Waals surface area (Å²) in [5.41, 5.74) is 1.20. The molecule has 1 saturated carbocycles. The lowest BCUT2D eigenvalue weighted by molar-refractivity contribution is -0.131. The lowest BCUT2D eigenvalue weighted by Gasteiger charge is -2.23. The number of hydrogen-bond acceptors (Lipinski definition) is 3. The average molecular weight is 349 g/mol. The molecule has 24 heavy (non-hydrogen) atoms. The zero-order valence-electron chi connectivity index (χ0n) is 14.0. The molecule has 0 atom stereocenters. The van der Waals surface area contributed by atoms with E-state index in [0.29, 0.717) is 32.3 Å². The van der Waals surface area contributed by atoms with E-state index in [4.69, 9.17) is 4.74 Å². The number of nitrogens with zero attached hydrogens (tertiary/aromatic N) is 1. The smallest absolute Gasteiger partial charge is 0.237 e. The molecular formula is C19H25ClN2O2. The van der Waals surface area contributed by atoms with Gasteiger partial charge in [-0.05, 0) is 35.2 Å². The first kappa shape index (κ1) is 18.7. The molecule has 3 rings (SSSR count). The monoisotopic (exact) mass is 348 g/mol. The van der Waals surface area contributed by atoms with Gasteiger partial charge in [0.15, 0.2) is 0 Å². The zero-order valence-corrected chi connectivity index (χ0v) is 14.8. The Balaban J connectivity index is 0.00000208. The molecule has 1 N–H and O–H groups in total. The van der Waals surface area contributed by atoms with Gasteiger partial charge in [0, 0.05) is 26.2 Å². The Bertz CT molecular complexity index is 673. The van der Waals surface area contributed by atoms with E-state index < -0.39 is 0 Å². The highest BCUT2D eigenvalue weighted by molar-refractivity contribution is 5.85. The maximum absolute atomic E-state index is 12.5. The molecule has 0 spiro atoms. The van der Waals surface area contributed by atoms with Crippen LogP contribution in [0.2, 0.25) is 0 Å². The van der Waals surface area contributed by atoms with Crippen molar-refractivity contribution in [1.29, 1.82) is 0 Å². The predicted molar refractivity (Wildman–Crippen MR) is 99.5 cm³/mol. The van der Waals surface area contributed by atoms with Crippen LogP contribution >= 0.6 is 12.4 Å². The van der Waals surface area contributed by atoms with Crippen LogP contribution in [0.4, 0.5) is 0 Å². The molecule has 5 heteroatoms. The minimum atomic E-state index is 0. The van der Waals surface area contributed by atoms with Gasteiger partial charge in [-0.3, -0.25) is 4.79 Å². The largest absolute Gasteiger partial charge is 0.383 e. The lowest BCUT2D eigenvalue weighted by atomic mass is 10.1. The summed E-state index contributed by atoms with van der Waals surface area (Å²) in [6, 6.07) is 15.2. The summed E-state index contributed by atoms with van der Waals surface area (Å²) in [6.07, 6.45) is 2.24. The molecule has 0 bridgehead atoms. The fraction of sp³-hybridized carbons (Fsp3) is 0.421. The van der Waals surface area contributed by atoms with Gasteiger partial charge in [0.1, 0.15) is 0 Å². The van der Waals surface area contributed by atoms with E-state index >= 15 is 0 Å². The number of halogens is 1. The summed E-state index contributed by atoms with van der Waals surface area (Å²) >= 11 is 0. The van der Waals surface area contributed by atoms with Crippen molar-refractivity contribution in [2.45, 2.75) is 25.4 Å². The Morgan fingerprint density at radius 3 is 2.67 bits per heavy atom. The zero-order chi connectivity index (χ0) is 16.1. The normalized spacial score (nSPS) is 13.5. The Hall–Kier alpha value is -1.62. The second-order valence-corrected chi connectivity index (χ2v) is 6.10. The van der Waals surface area contributed by atoms with E-state index in [1.54, 1.807) is 7.11 Å². The summed E-state index contributed by atoms with van der Waals surface area (Å²) in [6.45, 7) is 2.41. The van der Waals surface area contributed by atoms with Gasteiger partial charge in [0.2, 0.25) is 5.91 Å². The van der Waals surface area contributed by atoms with Gasteiger partial charge >= 0.3 is 0 Å². The summed E-state index contributed by atoms with van der Waals surface area (Å²) < 4.78 is 4.99. The summed E-state index contributed by atoms with van der Waals surface area (Å²) in [4.78, 5) is 14.5. The molecule has 1 aliphatic rings. The number of carbonyl (C=O) groups excluding carboxylic acids is 1. The fourth-order valence-corrected chi connectivity index (χ4v) is 2.81. The quantitative estimate of drug-likeness (QED) is 0.746. The van der Waals surface area contributed by atoms with E-state index in [-0.39, 0.29) is 18.3 Å². The molecule has 1 fully saturated rings. The van der Waals surface area contributed by atoms with Crippen molar-refractivity contribution in [3.05, 3.63) is 48.0 Å². The minimum Gasteiger partial charge on any atom is -0.383 e. The summed E-state index contributed by atoms with van der Waals surface area (Å²) in [5, 5.41) is 5.61. The van der Waals surface area contributed by atoms with Gasteiger partial charge in [0.25, 0.3) is 0 Å². The highest BCUT2D eigenvalue weighted by Crippen LogP contribution is 2.29. The molecule has 0 aromatic heterocycles. The Morgan fingerprint density at radius 1 is 1.21 bits per heavy atom. The molecule has 0 saturated heterocycles. The molecule has 0 unspecified atom stereocenters. The van der Waals surface area contributed by atoms with Crippen molar-refractivity contribution in [3.63, 3.8) is 0 Å². The van der Waals surface area contributed by atoms with Crippen molar-refractivity contribution in [1.82, 2.24) is 10.2 Å². The number of ether oxygens (including phenoxy) is 1. The molecule has 0 heterocycles. The van der Waals surface area contributed by atoms with Gasteiger partial charge in [-0.2, -0.15) is 0 Å². The molecule has 2 aromatic rings. The van der Waals surface area contributed by atoms with Crippen molar-refractivity contribution in [2.75, 3.05) is 26.8 Å². The maximum atomic E-state index is 12.5. The fourth-order valence-electron chi connectivity index (χ4n) is 2.81. The van der Waals surface area contributed by atoms with E-state index in [9.17, 15) is 4.79 Å². The van der Waals surface area contributed by atoms with E-state index in [2.05, 4.69) is 41.7 Å². The first-order valence-corrected chi connectivity index (χ1v) is 8.25. The topological polar surface area (TPSA) is 41.6 Å². The van der Waals surface area contributed by atoms with Crippen LogP contribution in [0.3, 0.4) is 0 Å². The van der Waals surface area contributed by atoms with Crippen LogP contribution < -0.4 is 5.32 Å². The summed E-state index contributed by atoms with van der Waals surface area (Å²) in [7, 11) is 1.67. The minimum absolute atomic E-state index is 0. The van der Waals surface area contributed by atoms with Crippen LogP contribution in [0.5, 0.6) is 0 Å². The first-order chi connectivity index (χ1) is 11.3. The first-order valence-electron chi connectivity index (χ1n) is 8.25. The highest BCUT2D eigenvalue weighted by atomic mass is 35.5. The van der Waals surface area contributed by atoms with Gasteiger partial charge in [-0.25, -0.2) is 0 Å². The molecule has 4 nitrogen and oxygen atoms in total. The Labute approximate surface area is 149 Å². The molecule has 2 aromatic carbocycles. The standard InChI is InChI=1S/C19H24N2O2.ClH/c1-23-11-10-20-13-19(22)21(18-8-9-18)14-15-6-7-16-4-2-3-5-17(16)12-15;/h2-7,12,18,20H,8-11,13-14H2,1H3;1H. The third kappa shape index (κ3) is 4.94. The average Bonchev–Trinajstić information content (AvgIpc) is 3.41. The molecule has 1 aliphatic carbocycles. The number of methoxy groups -OCH3 is 1. The predicted octanol–water partition coefficient (Wildman–Crippen LogP) is 2.99. The van der Waals surface area contributed by atoms with Crippen LogP contribution in [0.15, 0.2) is 42.5 Å². The Morgan fingerprint density at radius 2 is 1.96 bits per heavy atom. The van der Waals surface area contributed by atoms with Crippen LogP contribution in [-0.4, -0.2) is 43.7 Å². The summed E-state index contributed by atoms with van der Waals surface area (Å²) in [5.74, 6) is 0.178. The van der Waals surface area contributed by atoms with Crippen molar-refractivity contribution < 1.29 is 9.53 Å². The number of rotatable bonds is 8. The Kier molecular flexibility index (Phi) is 7.03. The van der Waals surface area contributed by atoms with E-state index in [1.165, 1.54) is 16.3 Å². The van der Waals surface area contributed by atoms with Gasteiger partial charge in [0.05, 0.1) is 13.2 Å². The van der Waals surface area contributed by atoms with E-state index in [1.807, 2.05) is 11.0 Å². The third-order valence-electron chi connectivity index (χ3n) is 4.23. The molecule has 0 radical (unpaired) electrons. The molecule has 0 aliphatic heterocycles. The molecular weight excluding hydrogens is 324 g/mol. The number of benzene rings is 2. The number of amides is 1. The van der Waals surface area contributed by atoms with Gasteiger partial charge in [-0.1, -0.05) is 36.4 Å². The number of fused-ring (bicyclic) bond motifs is 1. The number of nitrogens with one attached hydrogen (secondary N) is 1.